The number of halogens is 1. The fraction of sp³-hybridized carbons (Fsp3) is 0.500. The maximum Gasteiger partial charge on any atom is 0.178 e. The zero-order chi connectivity index (χ0) is 13.6. The third kappa shape index (κ3) is 2.21. The van der Waals surface area contributed by atoms with Crippen LogP contribution in [0.2, 0.25) is 0 Å². The minimum absolute atomic E-state index is 0.186. The van der Waals surface area contributed by atoms with Crippen LogP contribution >= 0.6 is 12.2 Å². The number of hydrogen-bond donors (Lipinski definition) is 1. The Bertz CT molecular complexity index is 673. The molecular weight excluding hydrogens is 261 g/mol. The van der Waals surface area contributed by atoms with Crippen molar-refractivity contribution in [3.63, 3.8) is 0 Å². The van der Waals surface area contributed by atoms with Gasteiger partial charge in [0.05, 0.1) is 11.0 Å². The van der Waals surface area contributed by atoms with Crippen LogP contribution in [-0.2, 0) is 6.54 Å². The van der Waals surface area contributed by atoms with Crippen LogP contribution < -0.4 is 0 Å². The maximum atomic E-state index is 13.6. The Morgan fingerprint density at radius 1 is 1.47 bits per heavy atom. The summed E-state index contributed by atoms with van der Waals surface area (Å²) in [4.78, 5) is 5.48. The van der Waals surface area contributed by atoms with Gasteiger partial charge in [-0.2, -0.15) is 0 Å². The van der Waals surface area contributed by atoms with E-state index >= 15 is 0 Å². The van der Waals surface area contributed by atoms with Gasteiger partial charge in [0.25, 0.3) is 0 Å². The lowest BCUT2D eigenvalue weighted by molar-refractivity contribution is 0.283. The van der Waals surface area contributed by atoms with Gasteiger partial charge in [-0.05, 0) is 63.3 Å². The molecule has 2 aromatic rings. The molecular formula is C14H18FN3S. The molecule has 102 valence electrons. The highest BCUT2D eigenvalue weighted by molar-refractivity contribution is 7.71. The van der Waals surface area contributed by atoms with Crippen LogP contribution in [0.4, 0.5) is 4.39 Å². The Morgan fingerprint density at radius 2 is 2.26 bits per heavy atom. The molecule has 19 heavy (non-hydrogen) atoms. The van der Waals surface area contributed by atoms with E-state index in [9.17, 15) is 4.39 Å². The number of imidazole rings is 1. The lowest BCUT2D eigenvalue weighted by Crippen LogP contribution is -2.29. The van der Waals surface area contributed by atoms with Crippen LogP contribution in [-0.4, -0.2) is 34.1 Å². The van der Waals surface area contributed by atoms with Crippen LogP contribution in [0.1, 0.15) is 18.4 Å². The fourth-order valence-electron chi connectivity index (χ4n) is 2.88. The number of H-pyrrole nitrogens is 1. The molecule has 1 aliphatic rings. The molecule has 0 bridgehead atoms. The Labute approximate surface area is 117 Å². The van der Waals surface area contributed by atoms with Crippen molar-refractivity contribution < 1.29 is 4.39 Å². The average molecular weight is 279 g/mol. The zero-order valence-corrected chi connectivity index (χ0v) is 12.1. The summed E-state index contributed by atoms with van der Waals surface area (Å²) >= 11 is 5.38. The number of nitrogens with one attached hydrogen (secondary N) is 1. The minimum Gasteiger partial charge on any atom is -0.330 e. The fourth-order valence-corrected chi connectivity index (χ4v) is 3.17. The summed E-state index contributed by atoms with van der Waals surface area (Å²) < 4.78 is 16.4. The molecule has 3 rings (SSSR count). The first-order valence-corrected chi connectivity index (χ1v) is 7.06. The maximum absolute atomic E-state index is 13.6. The van der Waals surface area contributed by atoms with Crippen molar-refractivity contribution in [2.45, 2.75) is 32.4 Å². The number of nitrogens with zero attached hydrogens (tertiary/aromatic N) is 2. The number of aromatic amines is 1. The van der Waals surface area contributed by atoms with Crippen molar-refractivity contribution in [3.05, 3.63) is 28.3 Å². The predicted molar refractivity (Wildman–Crippen MR) is 77.5 cm³/mol. The molecule has 1 unspecified atom stereocenters. The second-order valence-electron chi connectivity index (χ2n) is 5.44. The van der Waals surface area contributed by atoms with Crippen LogP contribution in [0.15, 0.2) is 12.1 Å². The summed E-state index contributed by atoms with van der Waals surface area (Å²) in [6, 6.07) is 3.94. The van der Waals surface area contributed by atoms with E-state index in [-0.39, 0.29) is 5.82 Å². The summed E-state index contributed by atoms with van der Waals surface area (Å²) in [6.45, 7) is 3.81. The molecule has 1 aromatic carbocycles. The number of fused-ring (bicyclic) bond motifs is 1. The molecule has 3 nitrogen and oxygen atoms in total. The van der Waals surface area contributed by atoms with Gasteiger partial charge in [0.15, 0.2) is 4.77 Å². The van der Waals surface area contributed by atoms with Gasteiger partial charge in [0.2, 0.25) is 0 Å². The van der Waals surface area contributed by atoms with E-state index in [0.717, 1.165) is 24.1 Å². The first-order valence-electron chi connectivity index (χ1n) is 6.65. The number of benzene rings is 1. The molecule has 0 radical (unpaired) electrons. The highest BCUT2D eigenvalue weighted by Gasteiger charge is 2.22. The van der Waals surface area contributed by atoms with E-state index in [2.05, 4.69) is 21.5 Å². The SMILES string of the molecule is Cc1cc2c(cc1F)[nH]c(=S)n2CC1CCCN1C. The van der Waals surface area contributed by atoms with E-state index in [1.165, 1.54) is 18.9 Å². The van der Waals surface area contributed by atoms with Crippen molar-refractivity contribution in [2.75, 3.05) is 13.6 Å². The molecule has 0 spiro atoms. The summed E-state index contributed by atoms with van der Waals surface area (Å²) in [6.07, 6.45) is 2.44. The summed E-state index contributed by atoms with van der Waals surface area (Å²) in [5.74, 6) is -0.186. The third-order valence-corrected chi connectivity index (χ3v) is 4.44. The molecule has 1 saturated heterocycles. The largest absolute Gasteiger partial charge is 0.330 e. The van der Waals surface area contributed by atoms with Gasteiger partial charge < -0.3 is 14.5 Å². The van der Waals surface area contributed by atoms with Crippen molar-refractivity contribution >= 4 is 23.3 Å². The topological polar surface area (TPSA) is 24.0 Å². The first-order chi connectivity index (χ1) is 9.06. The second kappa shape index (κ2) is 4.72. The number of rotatable bonds is 2. The number of aryl methyl sites for hydroxylation is 1. The lowest BCUT2D eigenvalue weighted by atomic mass is 10.2. The molecule has 1 aromatic heterocycles. The van der Waals surface area contributed by atoms with Gasteiger partial charge in [0.1, 0.15) is 5.82 Å². The van der Waals surface area contributed by atoms with Gasteiger partial charge >= 0.3 is 0 Å². The van der Waals surface area contributed by atoms with Gasteiger partial charge in [0, 0.05) is 12.6 Å². The smallest absolute Gasteiger partial charge is 0.178 e. The quantitative estimate of drug-likeness (QED) is 0.853. The Hall–Kier alpha value is -1.20. The third-order valence-electron chi connectivity index (χ3n) is 4.12. The summed E-state index contributed by atoms with van der Waals surface area (Å²) in [7, 11) is 2.15. The lowest BCUT2D eigenvalue weighted by Gasteiger charge is -2.20. The molecule has 2 heterocycles. The van der Waals surface area contributed by atoms with E-state index in [0.29, 0.717) is 16.4 Å². The average Bonchev–Trinajstić information content (AvgIpc) is 2.88. The Kier molecular flexibility index (Phi) is 3.19. The van der Waals surface area contributed by atoms with Crippen LogP contribution in [0, 0.1) is 17.5 Å². The molecule has 1 aliphatic heterocycles. The van der Waals surface area contributed by atoms with Crippen molar-refractivity contribution in [3.8, 4) is 0 Å². The van der Waals surface area contributed by atoms with E-state index in [1.807, 2.05) is 6.07 Å². The molecule has 0 saturated carbocycles. The zero-order valence-electron chi connectivity index (χ0n) is 11.2. The second-order valence-corrected chi connectivity index (χ2v) is 5.82. The van der Waals surface area contributed by atoms with Crippen molar-refractivity contribution in [2.24, 2.45) is 0 Å². The Balaban J connectivity index is 2.05. The predicted octanol–water partition coefficient (Wildman–Crippen LogP) is 3.24. The van der Waals surface area contributed by atoms with Gasteiger partial charge in [-0.3, -0.25) is 0 Å². The van der Waals surface area contributed by atoms with Crippen molar-refractivity contribution in [1.82, 2.24) is 14.5 Å². The summed E-state index contributed by atoms with van der Waals surface area (Å²) in [5.41, 5.74) is 2.45. The van der Waals surface area contributed by atoms with E-state index < -0.39 is 0 Å². The molecule has 0 aliphatic carbocycles. The number of likely N-dealkylation sites (tertiary alicyclic amines) is 1. The molecule has 0 amide bonds. The van der Waals surface area contributed by atoms with Gasteiger partial charge in [-0.25, -0.2) is 4.39 Å². The van der Waals surface area contributed by atoms with E-state index in [4.69, 9.17) is 12.2 Å². The van der Waals surface area contributed by atoms with Crippen LogP contribution in [0.25, 0.3) is 11.0 Å². The first kappa shape index (κ1) is 12.8. The van der Waals surface area contributed by atoms with Crippen LogP contribution in [0.3, 0.4) is 0 Å². The van der Waals surface area contributed by atoms with Crippen molar-refractivity contribution in [1.29, 1.82) is 0 Å². The molecule has 1 atom stereocenters. The van der Waals surface area contributed by atoms with Gasteiger partial charge in [-0.15, -0.1) is 0 Å². The van der Waals surface area contributed by atoms with Gasteiger partial charge in [-0.1, -0.05) is 0 Å². The molecule has 1 fully saturated rings. The standard InChI is InChI=1S/C14H18FN3S/c1-9-6-13-12(7-11(9)15)16-14(19)18(13)8-10-4-3-5-17(10)2/h6-7,10H,3-5,8H2,1-2H3,(H,16,19). The molecule has 1 N–H and O–H groups in total. The summed E-state index contributed by atoms with van der Waals surface area (Å²) in [5, 5.41) is 0. The highest BCUT2D eigenvalue weighted by Crippen LogP contribution is 2.22. The monoisotopic (exact) mass is 279 g/mol. The number of likely N-dealkylation sites (N-methyl/N-ethyl adjacent to an activating group) is 1. The minimum atomic E-state index is -0.186. The number of aromatic nitrogens is 2. The normalized spacial score (nSPS) is 20.5. The van der Waals surface area contributed by atoms with E-state index in [1.54, 1.807) is 6.92 Å². The highest BCUT2D eigenvalue weighted by atomic mass is 32.1. The Morgan fingerprint density at radius 3 is 2.95 bits per heavy atom. The molecule has 5 heteroatoms. The number of hydrogen-bond acceptors (Lipinski definition) is 2. The van der Waals surface area contributed by atoms with Crippen LogP contribution in [0.5, 0.6) is 0 Å².